The van der Waals surface area contributed by atoms with Crippen LogP contribution in [0.5, 0.6) is 0 Å². The van der Waals surface area contributed by atoms with Crippen LogP contribution in [-0.2, 0) is 9.59 Å². The first-order valence-electron chi connectivity index (χ1n) is 13.8. The van der Waals surface area contributed by atoms with E-state index in [-0.39, 0.29) is 24.7 Å². The minimum atomic E-state index is -0.147. The fourth-order valence-corrected chi connectivity index (χ4v) is 4.89. The first-order chi connectivity index (χ1) is 17.4. The van der Waals surface area contributed by atoms with Gasteiger partial charge in [0.1, 0.15) is 5.82 Å². The van der Waals surface area contributed by atoms with Gasteiger partial charge in [-0.2, -0.15) is 0 Å². The topological polar surface area (TPSA) is 77.6 Å². The summed E-state index contributed by atoms with van der Waals surface area (Å²) in [5.74, 6) is 1.61. The van der Waals surface area contributed by atoms with Gasteiger partial charge in [-0.25, -0.2) is 4.98 Å². The molecule has 0 saturated carbocycles. The Morgan fingerprint density at radius 3 is 2.42 bits per heavy atom. The summed E-state index contributed by atoms with van der Waals surface area (Å²) in [6, 6.07) is 8.00. The zero-order chi connectivity index (χ0) is 25.9. The van der Waals surface area contributed by atoms with E-state index in [0.29, 0.717) is 6.54 Å². The SMILES string of the molecule is CCCN(CCC)CCCNC(=O)CCC(=O)Nc1ccc2nc(N3CCC(C)CC3)cc(C)c2c1. The predicted molar refractivity (Wildman–Crippen MR) is 150 cm³/mol. The summed E-state index contributed by atoms with van der Waals surface area (Å²) >= 11 is 0. The highest BCUT2D eigenvalue weighted by molar-refractivity contribution is 5.96. The number of rotatable bonds is 13. The van der Waals surface area contributed by atoms with Crippen LogP contribution in [-0.4, -0.2) is 61.0 Å². The highest BCUT2D eigenvalue weighted by atomic mass is 16.2. The number of anilines is 2. The normalized spacial score (nSPS) is 14.4. The number of fused-ring (bicyclic) bond motifs is 1. The van der Waals surface area contributed by atoms with Crippen molar-refractivity contribution in [1.82, 2.24) is 15.2 Å². The van der Waals surface area contributed by atoms with Gasteiger partial charge in [0.15, 0.2) is 0 Å². The van der Waals surface area contributed by atoms with E-state index in [1.807, 2.05) is 18.2 Å². The van der Waals surface area contributed by atoms with Crippen molar-refractivity contribution in [3.05, 3.63) is 29.8 Å². The second-order valence-electron chi connectivity index (χ2n) is 10.3. The van der Waals surface area contributed by atoms with Gasteiger partial charge < -0.3 is 20.4 Å². The van der Waals surface area contributed by atoms with Crippen molar-refractivity contribution in [2.24, 2.45) is 5.92 Å². The van der Waals surface area contributed by atoms with Gasteiger partial charge >= 0.3 is 0 Å². The molecule has 2 heterocycles. The van der Waals surface area contributed by atoms with Gasteiger partial charge in [-0.15, -0.1) is 0 Å². The molecular formula is C29H45N5O2. The molecule has 1 fully saturated rings. The van der Waals surface area contributed by atoms with Crippen LogP contribution < -0.4 is 15.5 Å². The largest absolute Gasteiger partial charge is 0.357 e. The maximum Gasteiger partial charge on any atom is 0.224 e. The summed E-state index contributed by atoms with van der Waals surface area (Å²) in [5.41, 5.74) is 2.84. The molecule has 1 saturated heterocycles. The van der Waals surface area contributed by atoms with Crippen molar-refractivity contribution >= 4 is 34.2 Å². The van der Waals surface area contributed by atoms with Crippen LogP contribution in [0, 0.1) is 12.8 Å². The second-order valence-corrected chi connectivity index (χ2v) is 10.3. The molecular weight excluding hydrogens is 450 g/mol. The number of amides is 2. The molecule has 0 radical (unpaired) electrons. The van der Waals surface area contributed by atoms with Crippen LogP contribution in [0.3, 0.4) is 0 Å². The zero-order valence-corrected chi connectivity index (χ0v) is 22.7. The molecule has 2 amide bonds. The van der Waals surface area contributed by atoms with Gasteiger partial charge in [0.25, 0.3) is 0 Å². The highest BCUT2D eigenvalue weighted by Gasteiger charge is 2.18. The maximum absolute atomic E-state index is 12.5. The van der Waals surface area contributed by atoms with Crippen molar-refractivity contribution in [2.45, 2.75) is 72.6 Å². The van der Waals surface area contributed by atoms with Crippen molar-refractivity contribution < 1.29 is 9.59 Å². The first kappa shape index (κ1) is 27.9. The van der Waals surface area contributed by atoms with Gasteiger partial charge in [0, 0.05) is 43.5 Å². The quantitative estimate of drug-likeness (QED) is 0.377. The number of hydrogen-bond acceptors (Lipinski definition) is 5. The molecule has 0 bridgehead atoms. The Morgan fingerprint density at radius 2 is 1.72 bits per heavy atom. The number of piperidine rings is 1. The monoisotopic (exact) mass is 495 g/mol. The number of aryl methyl sites for hydroxylation is 1. The van der Waals surface area contributed by atoms with Crippen molar-refractivity contribution in [2.75, 3.05) is 49.5 Å². The Balaban J connectivity index is 1.45. The lowest BCUT2D eigenvalue weighted by atomic mass is 9.99. The lowest BCUT2D eigenvalue weighted by Gasteiger charge is -2.31. The highest BCUT2D eigenvalue weighted by Crippen LogP contribution is 2.28. The summed E-state index contributed by atoms with van der Waals surface area (Å²) in [7, 11) is 0. The number of pyridine rings is 1. The molecule has 1 aliphatic rings. The minimum absolute atomic E-state index is 0.0686. The third-order valence-electron chi connectivity index (χ3n) is 7.03. The van der Waals surface area contributed by atoms with Crippen LogP contribution in [0.15, 0.2) is 24.3 Å². The predicted octanol–water partition coefficient (Wildman–Crippen LogP) is 5.13. The molecule has 7 nitrogen and oxygen atoms in total. The standard InChI is InChI=1S/C29H45N5O2/c1-5-15-33(16-6-2)17-7-14-30-28(35)10-11-29(36)31-24-8-9-26-25(21-24)23(4)20-27(32-26)34-18-12-22(3)13-19-34/h8-9,20-22H,5-7,10-19H2,1-4H3,(H,30,35)(H,31,36). The molecule has 0 spiro atoms. The van der Waals surface area contributed by atoms with Crippen LogP contribution in [0.2, 0.25) is 0 Å². The van der Waals surface area contributed by atoms with Gasteiger partial charge in [0.2, 0.25) is 11.8 Å². The Hall–Kier alpha value is -2.67. The fourth-order valence-electron chi connectivity index (χ4n) is 4.89. The van der Waals surface area contributed by atoms with E-state index in [4.69, 9.17) is 4.98 Å². The molecule has 1 aliphatic heterocycles. The van der Waals surface area contributed by atoms with Crippen molar-refractivity contribution in [1.29, 1.82) is 0 Å². The van der Waals surface area contributed by atoms with Crippen molar-refractivity contribution in [3.63, 3.8) is 0 Å². The van der Waals surface area contributed by atoms with E-state index in [2.05, 4.69) is 54.2 Å². The summed E-state index contributed by atoms with van der Waals surface area (Å²) in [6.45, 7) is 14.8. The molecule has 0 aliphatic carbocycles. The van der Waals surface area contributed by atoms with Gasteiger partial charge in [-0.05, 0) is 94.4 Å². The average Bonchev–Trinajstić information content (AvgIpc) is 2.86. The molecule has 7 heteroatoms. The Morgan fingerprint density at radius 1 is 1.03 bits per heavy atom. The van der Waals surface area contributed by atoms with E-state index in [1.165, 1.54) is 12.8 Å². The number of carbonyl (C=O) groups is 2. The average molecular weight is 496 g/mol. The van der Waals surface area contributed by atoms with Crippen LogP contribution in [0.25, 0.3) is 10.9 Å². The molecule has 198 valence electrons. The molecule has 0 atom stereocenters. The summed E-state index contributed by atoms with van der Waals surface area (Å²) in [6.07, 6.45) is 6.01. The zero-order valence-electron chi connectivity index (χ0n) is 22.7. The van der Waals surface area contributed by atoms with Gasteiger partial charge in [0.05, 0.1) is 5.52 Å². The van der Waals surface area contributed by atoms with E-state index >= 15 is 0 Å². The van der Waals surface area contributed by atoms with E-state index in [9.17, 15) is 9.59 Å². The van der Waals surface area contributed by atoms with E-state index in [0.717, 1.165) is 85.9 Å². The number of carbonyl (C=O) groups excluding carboxylic acids is 2. The van der Waals surface area contributed by atoms with Crippen LogP contribution >= 0.6 is 0 Å². The van der Waals surface area contributed by atoms with E-state index in [1.54, 1.807) is 0 Å². The lowest BCUT2D eigenvalue weighted by molar-refractivity contribution is -0.124. The number of aromatic nitrogens is 1. The van der Waals surface area contributed by atoms with Gasteiger partial charge in [-0.3, -0.25) is 9.59 Å². The Kier molecular flexibility index (Phi) is 11.0. The molecule has 2 N–H and O–H groups in total. The third kappa shape index (κ3) is 8.47. The molecule has 0 unspecified atom stereocenters. The summed E-state index contributed by atoms with van der Waals surface area (Å²) in [4.78, 5) is 34.3. The Labute approximate surface area is 217 Å². The summed E-state index contributed by atoms with van der Waals surface area (Å²) < 4.78 is 0. The number of hydrogen-bond donors (Lipinski definition) is 2. The van der Waals surface area contributed by atoms with Crippen molar-refractivity contribution in [3.8, 4) is 0 Å². The number of nitrogens with zero attached hydrogens (tertiary/aromatic N) is 3. The number of nitrogens with one attached hydrogen (secondary N) is 2. The van der Waals surface area contributed by atoms with Crippen LogP contribution in [0.4, 0.5) is 11.5 Å². The molecule has 3 rings (SSSR count). The third-order valence-corrected chi connectivity index (χ3v) is 7.03. The molecule has 36 heavy (non-hydrogen) atoms. The fraction of sp³-hybridized carbons (Fsp3) is 0.621. The Bertz CT molecular complexity index is 995. The molecule has 1 aromatic heterocycles. The van der Waals surface area contributed by atoms with Crippen LogP contribution in [0.1, 0.15) is 71.3 Å². The smallest absolute Gasteiger partial charge is 0.224 e. The molecule has 2 aromatic rings. The first-order valence-corrected chi connectivity index (χ1v) is 13.8. The number of benzene rings is 1. The van der Waals surface area contributed by atoms with Gasteiger partial charge in [-0.1, -0.05) is 20.8 Å². The van der Waals surface area contributed by atoms with E-state index < -0.39 is 0 Å². The lowest BCUT2D eigenvalue weighted by Crippen LogP contribution is -2.33. The molecule has 1 aromatic carbocycles. The second kappa shape index (κ2) is 14.2. The summed E-state index contributed by atoms with van der Waals surface area (Å²) in [5, 5.41) is 6.94. The maximum atomic E-state index is 12.5. The minimum Gasteiger partial charge on any atom is -0.357 e.